The minimum Gasteiger partial charge on any atom is -0.488 e. The van der Waals surface area contributed by atoms with Crippen molar-refractivity contribution in [2.75, 3.05) is 11.5 Å². The van der Waals surface area contributed by atoms with Crippen molar-refractivity contribution in [2.45, 2.75) is 27.4 Å². The molecule has 8 nitrogen and oxygen atoms in total. The molecule has 1 aliphatic rings. The number of halogens is 1. The number of esters is 1. The average Bonchev–Trinajstić information content (AvgIpc) is 2.88. The second kappa shape index (κ2) is 11.3. The molecule has 4 amide bonds. The number of aryl methyl sites for hydroxylation is 2. The summed E-state index contributed by atoms with van der Waals surface area (Å²) in [4.78, 5) is 51.3. The maximum Gasteiger partial charge on any atom is 0.338 e. The lowest BCUT2D eigenvalue weighted by atomic mass is 10.1. The van der Waals surface area contributed by atoms with Crippen molar-refractivity contribution < 1.29 is 28.7 Å². The van der Waals surface area contributed by atoms with Gasteiger partial charge in [0.25, 0.3) is 11.8 Å². The summed E-state index contributed by atoms with van der Waals surface area (Å²) >= 11 is 6.20. The molecule has 1 aliphatic heterocycles. The predicted molar refractivity (Wildman–Crippen MR) is 143 cm³/mol. The standard InChI is InChI=1S/C29H25ClN2O6/c1-4-37-28(35)20-7-10-23(11-8-20)32-27(34)24(26(33)31-29(32)36)15-21-14-22(30)9-12-25(21)38-16-19-6-5-17(2)18(3)13-19/h5-15H,4,16H2,1-3H3,(H,31,33,36)/b24-15+. The average molecular weight is 533 g/mol. The summed E-state index contributed by atoms with van der Waals surface area (Å²) in [6, 6.07) is 15.7. The first-order chi connectivity index (χ1) is 18.2. The number of nitrogens with zero attached hydrogens (tertiary/aromatic N) is 1. The summed E-state index contributed by atoms with van der Waals surface area (Å²) in [6.45, 7) is 6.20. The maximum atomic E-state index is 13.3. The third-order valence-corrected chi connectivity index (χ3v) is 6.21. The number of carbonyl (C=O) groups excluding carboxylic acids is 4. The minimum absolute atomic E-state index is 0.177. The Morgan fingerprint density at radius 2 is 1.71 bits per heavy atom. The van der Waals surface area contributed by atoms with Crippen molar-refractivity contribution in [3.8, 4) is 5.75 Å². The van der Waals surface area contributed by atoms with E-state index in [0.29, 0.717) is 16.3 Å². The van der Waals surface area contributed by atoms with E-state index in [-0.39, 0.29) is 30.0 Å². The van der Waals surface area contributed by atoms with Gasteiger partial charge >= 0.3 is 12.0 Å². The van der Waals surface area contributed by atoms with Crippen LogP contribution in [0.5, 0.6) is 5.75 Å². The first-order valence-corrected chi connectivity index (χ1v) is 12.2. The highest BCUT2D eigenvalue weighted by Gasteiger charge is 2.37. The van der Waals surface area contributed by atoms with Gasteiger partial charge in [-0.15, -0.1) is 0 Å². The highest BCUT2D eigenvalue weighted by atomic mass is 35.5. The summed E-state index contributed by atoms with van der Waals surface area (Å²) in [5, 5.41) is 2.56. The monoisotopic (exact) mass is 532 g/mol. The zero-order valence-electron chi connectivity index (χ0n) is 21.0. The van der Waals surface area contributed by atoms with Crippen LogP contribution in [-0.4, -0.2) is 30.4 Å². The van der Waals surface area contributed by atoms with Gasteiger partial charge in [-0.1, -0.05) is 29.8 Å². The van der Waals surface area contributed by atoms with Gasteiger partial charge in [0, 0.05) is 10.6 Å². The molecule has 38 heavy (non-hydrogen) atoms. The number of anilines is 1. The highest BCUT2D eigenvalue weighted by molar-refractivity contribution is 6.39. The number of barbiturate groups is 1. The summed E-state index contributed by atoms with van der Waals surface area (Å²) in [6.07, 6.45) is 1.34. The highest BCUT2D eigenvalue weighted by Crippen LogP contribution is 2.29. The van der Waals surface area contributed by atoms with Gasteiger partial charge in [-0.3, -0.25) is 14.9 Å². The number of urea groups is 1. The quantitative estimate of drug-likeness (QED) is 0.249. The number of nitrogens with one attached hydrogen (secondary N) is 1. The van der Waals surface area contributed by atoms with Crippen LogP contribution < -0.4 is 15.0 Å². The second-order valence-electron chi connectivity index (χ2n) is 8.61. The van der Waals surface area contributed by atoms with E-state index in [1.165, 1.54) is 35.9 Å². The lowest BCUT2D eigenvalue weighted by molar-refractivity contribution is -0.122. The molecule has 1 heterocycles. The van der Waals surface area contributed by atoms with E-state index in [1.54, 1.807) is 25.1 Å². The van der Waals surface area contributed by atoms with Crippen LogP contribution >= 0.6 is 11.6 Å². The maximum absolute atomic E-state index is 13.3. The molecule has 0 bridgehead atoms. The molecule has 0 saturated carbocycles. The Labute approximate surface area is 224 Å². The van der Waals surface area contributed by atoms with Crippen LogP contribution in [-0.2, 0) is 20.9 Å². The zero-order chi connectivity index (χ0) is 27.4. The van der Waals surface area contributed by atoms with E-state index >= 15 is 0 Å². The molecule has 0 spiro atoms. The predicted octanol–water partition coefficient (Wildman–Crippen LogP) is 5.38. The summed E-state index contributed by atoms with van der Waals surface area (Å²) in [5.74, 6) is -1.80. The number of amides is 4. The van der Waals surface area contributed by atoms with Crippen molar-refractivity contribution in [3.63, 3.8) is 0 Å². The van der Waals surface area contributed by atoms with Crippen molar-refractivity contribution in [2.24, 2.45) is 0 Å². The van der Waals surface area contributed by atoms with Gasteiger partial charge in [-0.05, 0) is 86.0 Å². The van der Waals surface area contributed by atoms with Gasteiger partial charge in [0.05, 0.1) is 17.9 Å². The summed E-state index contributed by atoms with van der Waals surface area (Å²) in [5.41, 5.74) is 3.81. The zero-order valence-corrected chi connectivity index (χ0v) is 21.8. The number of imide groups is 2. The van der Waals surface area contributed by atoms with Crippen LogP contribution in [0.15, 0.2) is 66.2 Å². The lowest BCUT2D eigenvalue weighted by Crippen LogP contribution is -2.54. The first-order valence-electron chi connectivity index (χ1n) is 11.8. The first kappa shape index (κ1) is 26.6. The molecule has 3 aromatic carbocycles. The van der Waals surface area contributed by atoms with Gasteiger partial charge in [0.2, 0.25) is 0 Å². The van der Waals surface area contributed by atoms with Crippen molar-refractivity contribution in [1.29, 1.82) is 0 Å². The van der Waals surface area contributed by atoms with E-state index in [4.69, 9.17) is 21.1 Å². The molecule has 0 unspecified atom stereocenters. The van der Waals surface area contributed by atoms with Crippen molar-refractivity contribution >= 4 is 47.2 Å². The summed E-state index contributed by atoms with van der Waals surface area (Å²) < 4.78 is 11.0. The molecule has 0 atom stereocenters. The van der Waals surface area contributed by atoms with Crippen LogP contribution in [0.2, 0.25) is 5.02 Å². The smallest absolute Gasteiger partial charge is 0.338 e. The third kappa shape index (κ3) is 5.76. The minimum atomic E-state index is -0.904. The number of hydrogen-bond acceptors (Lipinski definition) is 6. The molecule has 194 valence electrons. The van der Waals surface area contributed by atoms with Crippen LogP contribution in [0.25, 0.3) is 6.08 Å². The van der Waals surface area contributed by atoms with Crippen LogP contribution in [0.1, 0.15) is 39.5 Å². The Morgan fingerprint density at radius 3 is 2.39 bits per heavy atom. The van der Waals surface area contributed by atoms with E-state index in [9.17, 15) is 19.2 Å². The van der Waals surface area contributed by atoms with Crippen molar-refractivity contribution in [1.82, 2.24) is 5.32 Å². The molecule has 1 N–H and O–H groups in total. The number of hydrogen-bond donors (Lipinski definition) is 1. The Balaban J connectivity index is 1.63. The fourth-order valence-corrected chi connectivity index (χ4v) is 4.01. The molecule has 1 fully saturated rings. The Morgan fingerprint density at radius 1 is 0.974 bits per heavy atom. The van der Waals surface area contributed by atoms with Gasteiger partial charge in [-0.25, -0.2) is 14.5 Å². The number of rotatable bonds is 7. The molecule has 0 radical (unpaired) electrons. The lowest BCUT2D eigenvalue weighted by Gasteiger charge is -2.26. The number of benzene rings is 3. The second-order valence-corrected chi connectivity index (χ2v) is 9.05. The van der Waals surface area contributed by atoms with Gasteiger partial charge in [0.1, 0.15) is 17.9 Å². The summed E-state index contributed by atoms with van der Waals surface area (Å²) in [7, 11) is 0. The molecule has 0 aromatic heterocycles. The largest absolute Gasteiger partial charge is 0.488 e. The number of carbonyl (C=O) groups is 4. The van der Waals surface area contributed by atoms with E-state index < -0.39 is 23.8 Å². The van der Waals surface area contributed by atoms with Crippen LogP contribution in [0, 0.1) is 13.8 Å². The molecule has 9 heteroatoms. The molecule has 0 aliphatic carbocycles. The molecular formula is C29H25ClN2O6. The fraction of sp³-hybridized carbons (Fsp3) is 0.172. The van der Waals surface area contributed by atoms with Gasteiger partial charge < -0.3 is 9.47 Å². The van der Waals surface area contributed by atoms with E-state index in [0.717, 1.165) is 16.0 Å². The van der Waals surface area contributed by atoms with Crippen LogP contribution in [0.4, 0.5) is 10.5 Å². The third-order valence-electron chi connectivity index (χ3n) is 5.98. The topological polar surface area (TPSA) is 102 Å². The van der Waals surface area contributed by atoms with E-state index in [2.05, 4.69) is 5.32 Å². The Bertz CT molecular complexity index is 1460. The molecule has 3 aromatic rings. The normalized spacial score (nSPS) is 14.5. The van der Waals surface area contributed by atoms with Crippen molar-refractivity contribution in [3.05, 3.63) is 99.1 Å². The molecular weight excluding hydrogens is 508 g/mol. The number of ether oxygens (including phenoxy) is 2. The fourth-order valence-electron chi connectivity index (χ4n) is 3.83. The molecule has 1 saturated heterocycles. The van der Waals surface area contributed by atoms with Gasteiger partial charge in [-0.2, -0.15) is 0 Å². The SMILES string of the molecule is CCOC(=O)c1ccc(N2C(=O)NC(=O)/C(=C\c3cc(Cl)ccc3OCc3ccc(C)c(C)c3)C2=O)cc1. The van der Waals surface area contributed by atoms with Crippen LogP contribution in [0.3, 0.4) is 0 Å². The van der Waals surface area contributed by atoms with E-state index in [1.807, 2.05) is 32.0 Å². The Hall–Kier alpha value is -4.43. The Kier molecular flexibility index (Phi) is 7.93. The van der Waals surface area contributed by atoms with Gasteiger partial charge in [0.15, 0.2) is 0 Å². The molecule has 4 rings (SSSR count).